The third-order valence-electron chi connectivity index (χ3n) is 4.59. The number of esters is 1. The van der Waals surface area contributed by atoms with Gasteiger partial charge in [0, 0.05) is 30.2 Å². The van der Waals surface area contributed by atoms with E-state index in [4.69, 9.17) is 4.74 Å². The summed E-state index contributed by atoms with van der Waals surface area (Å²) in [5.74, 6) is -0.878. The van der Waals surface area contributed by atoms with Crippen LogP contribution in [0.2, 0.25) is 0 Å². The van der Waals surface area contributed by atoms with Crippen molar-refractivity contribution >= 4 is 33.1 Å². The summed E-state index contributed by atoms with van der Waals surface area (Å²) < 4.78 is 30.0. The van der Waals surface area contributed by atoms with Crippen LogP contribution in [0.1, 0.15) is 38.3 Å². The third-order valence-corrected chi connectivity index (χ3v) is 7.23. The summed E-state index contributed by atoms with van der Waals surface area (Å²) in [5, 5.41) is 1.72. The molecule has 1 amide bonds. The van der Waals surface area contributed by atoms with Crippen molar-refractivity contribution in [2.75, 3.05) is 24.7 Å². The number of ether oxygens (including phenoxy) is 1. The molecule has 1 unspecified atom stereocenters. The molecular formula is C17H26N2O6S2. The van der Waals surface area contributed by atoms with Crippen molar-refractivity contribution in [1.29, 1.82) is 0 Å². The van der Waals surface area contributed by atoms with Gasteiger partial charge in [0.25, 0.3) is 5.91 Å². The van der Waals surface area contributed by atoms with Gasteiger partial charge in [0.05, 0.1) is 17.9 Å². The molecule has 0 aromatic carbocycles. The van der Waals surface area contributed by atoms with E-state index in [1.54, 1.807) is 12.3 Å². The van der Waals surface area contributed by atoms with E-state index in [-0.39, 0.29) is 41.3 Å². The maximum Gasteiger partial charge on any atom is 0.308 e. The number of sulfone groups is 1. The lowest BCUT2D eigenvalue weighted by molar-refractivity contribution is -0.153. The second-order valence-corrected chi connectivity index (χ2v) is 9.75. The fraction of sp³-hybridized carbons (Fsp3) is 0.706. The van der Waals surface area contributed by atoms with Crippen LogP contribution in [0.3, 0.4) is 0 Å². The molecule has 1 aliphatic rings. The lowest BCUT2D eigenvalue weighted by atomic mass is 10.2. The fourth-order valence-electron chi connectivity index (χ4n) is 3.04. The maximum atomic E-state index is 12.5. The Morgan fingerprint density at radius 1 is 1.41 bits per heavy atom. The number of aryl methyl sites for hydroxylation is 1. The molecule has 0 radical (unpaired) electrons. The average molecular weight is 419 g/mol. The SMILES string of the molecule is CCCCN(C(=O)COC(=O)CCn1c(C)csc1=O)C1CCS(=O)(=O)C1. The van der Waals surface area contributed by atoms with E-state index in [2.05, 4.69) is 0 Å². The van der Waals surface area contributed by atoms with Gasteiger partial charge in [-0.25, -0.2) is 8.42 Å². The Balaban J connectivity index is 1.87. The van der Waals surface area contributed by atoms with E-state index in [0.717, 1.165) is 29.9 Å². The Hall–Kier alpha value is -1.68. The Bertz CT molecular complexity index is 827. The average Bonchev–Trinajstić information content (AvgIpc) is 3.13. The molecule has 8 nitrogen and oxygen atoms in total. The molecule has 0 saturated carbocycles. The topological polar surface area (TPSA) is 103 Å². The quantitative estimate of drug-likeness (QED) is 0.554. The lowest BCUT2D eigenvalue weighted by Gasteiger charge is -2.28. The lowest BCUT2D eigenvalue weighted by Crippen LogP contribution is -2.44. The second-order valence-electron chi connectivity index (χ2n) is 6.70. The summed E-state index contributed by atoms with van der Waals surface area (Å²) >= 11 is 1.07. The zero-order valence-electron chi connectivity index (χ0n) is 15.7. The number of hydrogen-bond acceptors (Lipinski definition) is 7. The van der Waals surface area contributed by atoms with Crippen LogP contribution in [0, 0.1) is 6.92 Å². The number of unbranched alkanes of at least 4 members (excludes halogenated alkanes) is 1. The predicted octanol–water partition coefficient (Wildman–Crippen LogP) is 0.967. The molecule has 1 fully saturated rings. The third kappa shape index (κ3) is 6.17. The van der Waals surface area contributed by atoms with Gasteiger partial charge >= 0.3 is 10.8 Å². The van der Waals surface area contributed by atoms with E-state index in [0.29, 0.717) is 13.0 Å². The maximum absolute atomic E-state index is 12.5. The van der Waals surface area contributed by atoms with Crippen molar-refractivity contribution in [2.24, 2.45) is 0 Å². The molecular weight excluding hydrogens is 392 g/mol. The normalized spacial score (nSPS) is 18.4. The van der Waals surface area contributed by atoms with Gasteiger partial charge in [0.1, 0.15) is 0 Å². The molecule has 10 heteroatoms. The van der Waals surface area contributed by atoms with Gasteiger partial charge in [-0.2, -0.15) is 0 Å². The summed E-state index contributed by atoms with van der Waals surface area (Å²) in [6.07, 6.45) is 2.05. The molecule has 0 N–H and O–H groups in total. The molecule has 1 aromatic rings. The summed E-state index contributed by atoms with van der Waals surface area (Å²) in [6, 6.07) is -0.347. The largest absolute Gasteiger partial charge is 0.456 e. The van der Waals surface area contributed by atoms with Crippen molar-refractivity contribution < 1.29 is 22.7 Å². The summed E-state index contributed by atoms with van der Waals surface area (Å²) in [7, 11) is -3.11. The van der Waals surface area contributed by atoms with Gasteiger partial charge in [0.2, 0.25) is 0 Å². The highest BCUT2D eigenvalue weighted by molar-refractivity contribution is 7.91. The Morgan fingerprint density at radius 3 is 2.70 bits per heavy atom. The molecule has 2 heterocycles. The van der Waals surface area contributed by atoms with E-state index in [1.807, 2.05) is 6.92 Å². The first kappa shape index (κ1) is 21.6. The minimum atomic E-state index is -3.11. The van der Waals surface area contributed by atoms with Crippen LogP contribution in [0.5, 0.6) is 0 Å². The first-order valence-corrected chi connectivity index (χ1v) is 11.7. The van der Waals surface area contributed by atoms with Gasteiger partial charge < -0.3 is 14.2 Å². The van der Waals surface area contributed by atoms with Gasteiger partial charge in [-0.3, -0.25) is 14.4 Å². The number of nitrogens with zero attached hydrogens (tertiary/aromatic N) is 2. The van der Waals surface area contributed by atoms with Gasteiger partial charge in [-0.05, 0) is 19.8 Å². The van der Waals surface area contributed by atoms with Crippen molar-refractivity contribution in [3.05, 3.63) is 20.7 Å². The smallest absolute Gasteiger partial charge is 0.308 e. The molecule has 2 rings (SSSR count). The highest BCUT2D eigenvalue weighted by Gasteiger charge is 2.34. The van der Waals surface area contributed by atoms with Crippen LogP contribution in [0.15, 0.2) is 10.2 Å². The van der Waals surface area contributed by atoms with Crippen molar-refractivity contribution in [2.45, 2.75) is 52.1 Å². The van der Waals surface area contributed by atoms with Crippen LogP contribution in [-0.2, 0) is 30.7 Å². The number of aromatic nitrogens is 1. The Labute approximate surface area is 163 Å². The molecule has 1 aromatic heterocycles. The summed E-state index contributed by atoms with van der Waals surface area (Å²) in [4.78, 5) is 37.4. The number of amides is 1. The monoisotopic (exact) mass is 418 g/mol. The minimum Gasteiger partial charge on any atom is -0.456 e. The molecule has 27 heavy (non-hydrogen) atoms. The zero-order valence-corrected chi connectivity index (χ0v) is 17.3. The van der Waals surface area contributed by atoms with Gasteiger partial charge in [-0.1, -0.05) is 24.7 Å². The van der Waals surface area contributed by atoms with Crippen LogP contribution < -0.4 is 4.87 Å². The number of rotatable bonds is 9. The van der Waals surface area contributed by atoms with Crippen LogP contribution >= 0.6 is 11.3 Å². The van der Waals surface area contributed by atoms with Crippen molar-refractivity contribution in [3.63, 3.8) is 0 Å². The molecule has 1 atom stereocenters. The van der Waals surface area contributed by atoms with E-state index < -0.39 is 22.4 Å². The number of thiazole rings is 1. The van der Waals surface area contributed by atoms with E-state index >= 15 is 0 Å². The molecule has 152 valence electrons. The number of carbonyl (C=O) groups is 2. The first-order chi connectivity index (χ1) is 12.7. The van der Waals surface area contributed by atoms with E-state index in [1.165, 1.54) is 9.47 Å². The van der Waals surface area contributed by atoms with Crippen molar-refractivity contribution in [1.82, 2.24) is 9.47 Å². The van der Waals surface area contributed by atoms with Crippen LogP contribution in [0.4, 0.5) is 0 Å². The fourth-order valence-corrected chi connectivity index (χ4v) is 5.53. The summed E-state index contributed by atoms with van der Waals surface area (Å²) in [5.41, 5.74) is 0.780. The Morgan fingerprint density at radius 2 is 2.15 bits per heavy atom. The van der Waals surface area contributed by atoms with Crippen molar-refractivity contribution in [3.8, 4) is 0 Å². The zero-order chi connectivity index (χ0) is 20.0. The van der Waals surface area contributed by atoms with E-state index in [9.17, 15) is 22.8 Å². The molecule has 0 aliphatic carbocycles. The first-order valence-electron chi connectivity index (χ1n) is 9.04. The van der Waals surface area contributed by atoms with Crippen LogP contribution in [-0.4, -0.2) is 60.5 Å². The molecule has 1 saturated heterocycles. The second kappa shape index (κ2) is 9.50. The highest BCUT2D eigenvalue weighted by Crippen LogP contribution is 2.18. The molecule has 0 spiro atoms. The number of hydrogen-bond donors (Lipinski definition) is 0. The number of carbonyl (C=O) groups excluding carboxylic acids is 2. The molecule has 1 aliphatic heterocycles. The Kier molecular flexibility index (Phi) is 7.60. The highest BCUT2D eigenvalue weighted by atomic mass is 32.2. The van der Waals surface area contributed by atoms with Gasteiger partial charge in [0.15, 0.2) is 16.4 Å². The predicted molar refractivity (Wildman–Crippen MR) is 103 cm³/mol. The summed E-state index contributed by atoms with van der Waals surface area (Å²) in [6.45, 7) is 4.03. The minimum absolute atomic E-state index is 0.00245. The standard InChI is InChI=1S/C17H26N2O6S2/c1-3-4-7-19(14-6-9-27(23,24)12-14)15(20)10-25-16(21)5-8-18-13(2)11-26-17(18)22/h11,14H,3-10,12H2,1-2H3. The molecule has 0 bridgehead atoms. The van der Waals surface area contributed by atoms with Crippen LogP contribution in [0.25, 0.3) is 0 Å². The van der Waals surface area contributed by atoms with Gasteiger partial charge in [-0.15, -0.1) is 0 Å².